The van der Waals surface area contributed by atoms with Gasteiger partial charge in [-0.1, -0.05) is 48.0 Å². The summed E-state index contributed by atoms with van der Waals surface area (Å²) in [6.45, 7) is 0. The highest BCUT2D eigenvalue weighted by Crippen LogP contribution is 2.34. The Morgan fingerprint density at radius 1 is 0.912 bits per heavy atom. The largest absolute Gasteiger partial charge is 0.350 e. The number of anilines is 3. The van der Waals surface area contributed by atoms with E-state index in [2.05, 4.69) is 15.0 Å². The van der Waals surface area contributed by atoms with E-state index in [4.69, 9.17) is 11.6 Å². The molecule has 0 spiro atoms. The molecule has 3 aromatic carbocycles. The van der Waals surface area contributed by atoms with Crippen LogP contribution in [0.2, 0.25) is 0 Å². The van der Waals surface area contributed by atoms with Crippen molar-refractivity contribution in [3.63, 3.8) is 0 Å². The van der Waals surface area contributed by atoms with Crippen LogP contribution in [0.15, 0.2) is 93.9 Å². The fraction of sp³-hybridized carbons (Fsp3) is 0. The van der Waals surface area contributed by atoms with Crippen molar-refractivity contribution in [3.8, 4) is 0 Å². The first kappa shape index (κ1) is 22.1. The van der Waals surface area contributed by atoms with Crippen LogP contribution in [0.5, 0.6) is 0 Å². The molecule has 0 unspecified atom stereocenters. The molecule has 0 saturated heterocycles. The van der Waals surface area contributed by atoms with Crippen molar-refractivity contribution in [2.24, 2.45) is 0 Å². The standard InChI is InChI=1S/C23H15ClN4O4S2/c24-19-20(22(30)28(21(19)29)18-7-3-5-14-4-1-2-6-17(14)18)26-15-8-10-16(11-9-15)34(31,32)27-23-25-12-13-33-23/h1-13,26H,(H,25,27). The van der Waals surface area contributed by atoms with Crippen LogP contribution in [0.25, 0.3) is 10.8 Å². The van der Waals surface area contributed by atoms with Crippen LogP contribution in [0, 0.1) is 0 Å². The zero-order chi connectivity index (χ0) is 23.9. The Morgan fingerprint density at radius 2 is 1.65 bits per heavy atom. The van der Waals surface area contributed by atoms with E-state index in [-0.39, 0.29) is 20.8 Å². The van der Waals surface area contributed by atoms with E-state index in [0.29, 0.717) is 11.4 Å². The second kappa shape index (κ2) is 8.56. The molecule has 1 aromatic heterocycles. The highest BCUT2D eigenvalue weighted by atomic mass is 35.5. The maximum atomic E-state index is 13.2. The van der Waals surface area contributed by atoms with Crippen molar-refractivity contribution in [2.75, 3.05) is 14.9 Å². The molecule has 2 amide bonds. The van der Waals surface area contributed by atoms with E-state index in [0.717, 1.165) is 27.0 Å². The minimum absolute atomic E-state index is 0.0135. The Bertz CT molecular complexity index is 1560. The number of hydrogen-bond donors (Lipinski definition) is 2. The summed E-state index contributed by atoms with van der Waals surface area (Å²) in [5.74, 6) is -1.24. The van der Waals surface area contributed by atoms with E-state index in [9.17, 15) is 18.0 Å². The van der Waals surface area contributed by atoms with Crippen LogP contribution >= 0.6 is 22.9 Å². The minimum atomic E-state index is -3.82. The first-order chi connectivity index (χ1) is 16.3. The summed E-state index contributed by atoms with van der Waals surface area (Å²) in [4.78, 5) is 31.0. The van der Waals surface area contributed by atoms with E-state index in [1.165, 1.54) is 30.5 Å². The molecule has 1 aliphatic rings. The van der Waals surface area contributed by atoms with Gasteiger partial charge in [0.25, 0.3) is 21.8 Å². The van der Waals surface area contributed by atoms with Crippen LogP contribution in [0.4, 0.5) is 16.5 Å². The van der Waals surface area contributed by atoms with Crippen molar-refractivity contribution >= 4 is 72.1 Å². The van der Waals surface area contributed by atoms with E-state index in [1.807, 2.05) is 30.3 Å². The van der Waals surface area contributed by atoms with E-state index in [1.54, 1.807) is 17.5 Å². The van der Waals surface area contributed by atoms with Gasteiger partial charge >= 0.3 is 0 Å². The number of thiazole rings is 1. The second-order valence-electron chi connectivity index (χ2n) is 7.23. The molecule has 5 rings (SSSR count). The highest BCUT2D eigenvalue weighted by molar-refractivity contribution is 7.93. The lowest BCUT2D eigenvalue weighted by Crippen LogP contribution is -2.32. The topological polar surface area (TPSA) is 108 Å². The van der Waals surface area contributed by atoms with Gasteiger partial charge in [0.05, 0.1) is 10.6 Å². The van der Waals surface area contributed by atoms with Crippen molar-refractivity contribution in [3.05, 3.63) is 89.0 Å². The first-order valence-corrected chi connectivity index (χ1v) is 12.6. The van der Waals surface area contributed by atoms with Crippen LogP contribution in [0.1, 0.15) is 0 Å². The van der Waals surface area contributed by atoms with Crippen LogP contribution in [-0.2, 0) is 19.6 Å². The lowest BCUT2D eigenvalue weighted by molar-refractivity contribution is -0.120. The predicted octanol–water partition coefficient (Wildman–Crippen LogP) is 4.53. The number of sulfonamides is 1. The molecule has 0 fully saturated rings. The zero-order valence-corrected chi connectivity index (χ0v) is 19.6. The lowest BCUT2D eigenvalue weighted by atomic mass is 10.1. The molecule has 34 heavy (non-hydrogen) atoms. The van der Waals surface area contributed by atoms with Crippen LogP contribution < -0.4 is 14.9 Å². The molecule has 2 heterocycles. The second-order valence-corrected chi connectivity index (χ2v) is 10.2. The molecule has 8 nitrogen and oxygen atoms in total. The first-order valence-electron chi connectivity index (χ1n) is 9.91. The molecule has 4 aromatic rings. The van der Waals surface area contributed by atoms with Gasteiger partial charge in [0.1, 0.15) is 10.7 Å². The number of imide groups is 1. The smallest absolute Gasteiger partial charge is 0.283 e. The molecule has 0 bridgehead atoms. The third kappa shape index (κ3) is 3.92. The summed E-state index contributed by atoms with van der Waals surface area (Å²) >= 11 is 7.41. The monoisotopic (exact) mass is 510 g/mol. The number of carbonyl (C=O) groups is 2. The maximum Gasteiger partial charge on any atom is 0.283 e. The number of halogens is 1. The maximum absolute atomic E-state index is 13.2. The summed E-state index contributed by atoms with van der Waals surface area (Å²) in [5, 5.41) is 6.12. The van der Waals surface area contributed by atoms with Crippen molar-refractivity contribution in [1.82, 2.24) is 4.98 Å². The molecule has 0 aliphatic carbocycles. The summed E-state index contributed by atoms with van der Waals surface area (Å²) in [7, 11) is -3.82. The predicted molar refractivity (Wildman–Crippen MR) is 132 cm³/mol. The molecule has 170 valence electrons. The van der Waals surface area contributed by atoms with E-state index < -0.39 is 21.8 Å². The van der Waals surface area contributed by atoms with Gasteiger partial charge in [-0.3, -0.25) is 14.3 Å². The molecular formula is C23H15ClN4O4S2. The summed E-state index contributed by atoms with van der Waals surface area (Å²) in [6, 6.07) is 18.4. The molecule has 1 aliphatic heterocycles. The number of carbonyl (C=O) groups excluding carboxylic acids is 2. The molecule has 0 saturated carbocycles. The third-order valence-corrected chi connectivity index (χ3v) is 7.65. The molecular weight excluding hydrogens is 496 g/mol. The van der Waals surface area contributed by atoms with Crippen molar-refractivity contribution in [2.45, 2.75) is 4.90 Å². The summed E-state index contributed by atoms with van der Waals surface area (Å²) in [5.41, 5.74) is 0.733. The number of nitrogens with zero attached hydrogens (tertiary/aromatic N) is 2. The number of rotatable bonds is 6. The molecule has 0 radical (unpaired) electrons. The summed E-state index contributed by atoms with van der Waals surface area (Å²) in [6.07, 6.45) is 1.49. The average Bonchev–Trinajstić information content (AvgIpc) is 3.41. The Morgan fingerprint density at radius 3 is 2.38 bits per heavy atom. The Kier molecular flexibility index (Phi) is 5.56. The van der Waals surface area contributed by atoms with Crippen LogP contribution in [0.3, 0.4) is 0 Å². The molecule has 0 atom stereocenters. The van der Waals surface area contributed by atoms with Gasteiger partial charge in [0.15, 0.2) is 5.13 Å². The Labute approximate surface area is 203 Å². The quantitative estimate of drug-likeness (QED) is 0.369. The third-order valence-electron chi connectivity index (χ3n) is 5.12. The van der Waals surface area contributed by atoms with Crippen molar-refractivity contribution < 1.29 is 18.0 Å². The Balaban J connectivity index is 1.39. The lowest BCUT2D eigenvalue weighted by Gasteiger charge is -2.17. The number of nitrogens with one attached hydrogen (secondary N) is 2. The minimum Gasteiger partial charge on any atom is -0.350 e. The van der Waals surface area contributed by atoms with Gasteiger partial charge in [-0.05, 0) is 35.7 Å². The fourth-order valence-corrected chi connectivity index (χ4v) is 5.54. The molecule has 2 N–H and O–H groups in total. The number of amides is 2. The molecule has 11 heteroatoms. The normalized spacial score (nSPS) is 14.2. The van der Waals surface area contributed by atoms with Gasteiger partial charge in [0, 0.05) is 22.7 Å². The summed E-state index contributed by atoms with van der Waals surface area (Å²) < 4.78 is 27.4. The zero-order valence-electron chi connectivity index (χ0n) is 17.2. The van der Waals surface area contributed by atoms with Gasteiger partial charge in [0.2, 0.25) is 0 Å². The fourth-order valence-electron chi connectivity index (χ4n) is 3.54. The van der Waals surface area contributed by atoms with Gasteiger partial charge < -0.3 is 5.32 Å². The van der Waals surface area contributed by atoms with Gasteiger partial charge in [-0.25, -0.2) is 18.3 Å². The Hall–Kier alpha value is -3.73. The number of benzene rings is 3. The van der Waals surface area contributed by atoms with Crippen molar-refractivity contribution in [1.29, 1.82) is 0 Å². The average molecular weight is 511 g/mol. The highest BCUT2D eigenvalue weighted by Gasteiger charge is 2.39. The van der Waals surface area contributed by atoms with Gasteiger partial charge in [-0.2, -0.15) is 0 Å². The number of aromatic nitrogens is 1. The number of hydrogen-bond acceptors (Lipinski definition) is 7. The number of fused-ring (bicyclic) bond motifs is 1. The van der Waals surface area contributed by atoms with E-state index >= 15 is 0 Å². The van der Waals surface area contributed by atoms with Gasteiger partial charge in [-0.15, -0.1) is 11.3 Å². The van der Waals surface area contributed by atoms with Crippen LogP contribution in [-0.4, -0.2) is 25.2 Å². The SMILES string of the molecule is O=C1C(Cl)=C(Nc2ccc(S(=O)(=O)Nc3nccs3)cc2)C(=O)N1c1cccc2ccccc12.